The minimum atomic E-state index is -0.730. The van der Waals surface area contributed by atoms with E-state index < -0.39 is 5.97 Å². The second-order valence-corrected chi connectivity index (χ2v) is 5.11. The lowest BCUT2D eigenvalue weighted by molar-refractivity contribution is -0.137. The summed E-state index contributed by atoms with van der Waals surface area (Å²) in [6, 6.07) is 0. The number of unbranched alkanes of at least 4 members (excludes halogenated alkanes) is 4. The van der Waals surface area contributed by atoms with E-state index in [9.17, 15) is 9.59 Å². The van der Waals surface area contributed by atoms with E-state index in [4.69, 9.17) is 5.11 Å². The fourth-order valence-corrected chi connectivity index (χ4v) is 2.43. The van der Waals surface area contributed by atoms with Crippen LogP contribution in [0.4, 0.5) is 0 Å². The van der Waals surface area contributed by atoms with E-state index in [1.54, 1.807) is 5.38 Å². The van der Waals surface area contributed by atoms with E-state index in [1.807, 2.05) is 6.92 Å². The third-order valence-corrected chi connectivity index (χ3v) is 3.57. The Morgan fingerprint density at radius 3 is 2.58 bits per heavy atom. The van der Waals surface area contributed by atoms with Crippen molar-refractivity contribution in [3.8, 4) is 0 Å². The van der Waals surface area contributed by atoms with Gasteiger partial charge in [-0.05, 0) is 31.3 Å². The van der Waals surface area contributed by atoms with Crippen LogP contribution in [0.15, 0.2) is 5.38 Å². The minimum absolute atomic E-state index is 0.0582. The van der Waals surface area contributed by atoms with Crippen LogP contribution in [0.2, 0.25) is 0 Å². The molecule has 1 heterocycles. The van der Waals surface area contributed by atoms with Crippen LogP contribution in [-0.2, 0) is 4.79 Å². The van der Waals surface area contributed by atoms with Crippen LogP contribution in [-0.4, -0.2) is 27.9 Å². The molecule has 0 aromatic carbocycles. The Balaban J connectivity index is 2.01. The molecule has 2 N–H and O–H groups in total. The summed E-state index contributed by atoms with van der Waals surface area (Å²) in [6.07, 6.45) is 4.88. The Kier molecular flexibility index (Phi) is 7.10. The summed E-state index contributed by atoms with van der Waals surface area (Å²) < 4.78 is 4.06. The molecule has 1 rings (SSSR count). The first-order valence-corrected chi connectivity index (χ1v) is 7.36. The topological polar surface area (TPSA) is 79.3 Å². The van der Waals surface area contributed by atoms with Crippen molar-refractivity contribution in [3.63, 3.8) is 0 Å². The second-order valence-electron chi connectivity index (χ2n) is 4.48. The number of amides is 1. The quantitative estimate of drug-likeness (QED) is 0.683. The molecule has 0 spiro atoms. The van der Waals surface area contributed by atoms with Gasteiger partial charge in [-0.15, -0.1) is 0 Å². The van der Waals surface area contributed by atoms with Crippen molar-refractivity contribution < 1.29 is 14.7 Å². The van der Waals surface area contributed by atoms with Gasteiger partial charge in [0.25, 0.3) is 5.91 Å². The van der Waals surface area contributed by atoms with E-state index >= 15 is 0 Å². The van der Waals surface area contributed by atoms with Crippen molar-refractivity contribution in [1.29, 1.82) is 0 Å². The molecule has 0 unspecified atom stereocenters. The van der Waals surface area contributed by atoms with Gasteiger partial charge in [0.15, 0.2) is 0 Å². The number of aromatic nitrogens is 1. The highest BCUT2D eigenvalue weighted by molar-refractivity contribution is 7.03. The monoisotopic (exact) mass is 284 g/mol. The minimum Gasteiger partial charge on any atom is -0.481 e. The molecule has 0 bridgehead atoms. The van der Waals surface area contributed by atoms with E-state index in [-0.39, 0.29) is 12.3 Å². The van der Waals surface area contributed by atoms with Crippen LogP contribution in [0, 0.1) is 6.92 Å². The number of hydrogen-bond acceptors (Lipinski definition) is 4. The number of rotatable bonds is 9. The number of carboxylic acid groups (broad SMARTS) is 1. The van der Waals surface area contributed by atoms with E-state index in [1.165, 1.54) is 11.5 Å². The SMILES string of the molecule is Cc1nscc1C(=O)NCCCCCCCC(=O)O. The zero-order valence-electron chi connectivity index (χ0n) is 11.1. The largest absolute Gasteiger partial charge is 0.481 e. The smallest absolute Gasteiger partial charge is 0.303 e. The van der Waals surface area contributed by atoms with Gasteiger partial charge < -0.3 is 10.4 Å². The van der Waals surface area contributed by atoms with Crippen LogP contribution in [0.3, 0.4) is 0 Å². The highest BCUT2D eigenvalue weighted by Crippen LogP contribution is 2.09. The summed E-state index contributed by atoms with van der Waals surface area (Å²) >= 11 is 1.29. The molecule has 0 saturated carbocycles. The molecular formula is C13H20N2O3S. The Bertz CT molecular complexity index is 418. The number of nitrogens with zero attached hydrogens (tertiary/aromatic N) is 1. The van der Waals surface area contributed by atoms with Gasteiger partial charge in [-0.1, -0.05) is 19.3 Å². The van der Waals surface area contributed by atoms with Gasteiger partial charge in [-0.25, -0.2) is 0 Å². The summed E-state index contributed by atoms with van der Waals surface area (Å²) in [6.45, 7) is 2.49. The zero-order valence-corrected chi connectivity index (χ0v) is 12.0. The summed E-state index contributed by atoms with van der Waals surface area (Å²) in [7, 11) is 0. The molecule has 0 aliphatic rings. The van der Waals surface area contributed by atoms with Gasteiger partial charge in [0.1, 0.15) is 0 Å². The highest BCUT2D eigenvalue weighted by Gasteiger charge is 2.09. The number of aryl methyl sites for hydroxylation is 1. The van der Waals surface area contributed by atoms with Crippen molar-refractivity contribution in [3.05, 3.63) is 16.6 Å². The number of carboxylic acids is 1. The molecule has 106 valence electrons. The van der Waals surface area contributed by atoms with Gasteiger partial charge in [-0.2, -0.15) is 4.37 Å². The predicted molar refractivity (Wildman–Crippen MR) is 74.5 cm³/mol. The molecule has 0 aliphatic heterocycles. The molecule has 0 atom stereocenters. The Labute approximate surface area is 117 Å². The van der Waals surface area contributed by atoms with E-state index in [2.05, 4.69) is 9.69 Å². The third kappa shape index (κ3) is 6.33. The first-order chi connectivity index (χ1) is 9.11. The average molecular weight is 284 g/mol. The molecule has 5 nitrogen and oxygen atoms in total. The Morgan fingerprint density at radius 1 is 1.26 bits per heavy atom. The van der Waals surface area contributed by atoms with Gasteiger partial charge >= 0.3 is 5.97 Å². The molecule has 19 heavy (non-hydrogen) atoms. The lowest BCUT2D eigenvalue weighted by atomic mass is 10.1. The maximum absolute atomic E-state index is 11.7. The summed E-state index contributed by atoms with van der Waals surface area (Å²) in [5.74, 6) is -0.788. The van der Waals surface area contributed by atoms with Crippen LogP contribution in [0.1, 0.15) is 54.6 Å². The van der Waals surface area contributed by atoms with E-state index in [0.717, 1.165) is 37.8 Å². The second kappa shape index (κ2) is 8.63. The molecule has 0 radical (unpaired) electrons. The zero-order chi connectivity index (χ0) is 14.1. The molecule has 0 aliphatic carbocycles. The fraction of sp³-hybridized carbons (Fsp3) is 0.615. The molecule has 1 aromatic rings. The van der Waals surface area contributed by atoms with Gasteiger partial charge in [0, 0.05) is 18.3 Å². The maximum Gasteiger partial charge on any atom is 0.303 e. The average Bonchev–Trinajstić information content (AvgIpc) is 2.78. The third-order valence-electron chi connectivity index (χ3n) is 2.85. The van der Waals surface area contributed by atoms with Gasteiger partial charge in [-0.3, -0.25) is 9.59 Å². The molecule has 1 aromatic heterocycles. The predicted octanol–water partition coefficient (Wildman–Crippen LogP) is 2.61. The van der Waals surface area contributed by atoms with Crippen LogP contribution < -0.4 is 5.32 Å². The normalized spacial score (nSPS) is 10.4. The number of carbonyl (C=O) groups excluding carboxylic acids is 1. The van der Waals surface area contributed by atoms with Gasteiger partial charge in [0.05, 0.1) is 11.3 Å². The first kappa shape index (κ1) is 15.6. The van der Waals surface area contributed by atoms with Crippen molar-refractivity contribution in [2.45, 2.75) is 45.4 Å². The lowest BCUT2D eigenvalue weighted by Crippen LogP contribution is -2.24. The first-order valence-electron chi connectivity index (χ1n) is 6.52. The van der Waals surface area contributed by atoms with Crippen molar-refractivity contribution in [2.75, 3.05) is 6.54 Å². The highest BCUT2D eigenvalue weighted by atomic mass is 32.1. The van der Waals surface area contributed by atoms with Crippen LogP contribution in [0.25, 0.3) is 0 Å². The van der Waals surface area contributed by atoms with Crippen molar-refractivity contribution in [1.82, 2.24) is 9.69 Å². The van der Waals surface area contributed by atoms with Crippen molar-refractivity contribution >= 4 is 23.4 Å². The molecule has 0 saturated heterocycles. The summed E-state index contributed by atoms with van der Waals surface area (Å²) in [5, 5.41) is 13.1. The van der Waals surface area contributed by atoms with Crippen LogP contribution in [0.5, 0.6) is 0 Å². The Hall–Kier alpha value is -1.43. The molecular weight excluding hydrogens is 264 g/mol. The summed E-state index contributed by atoms with van der Waals surface area (Å²) in [4.78, 5) is 22.0. The maximum atomic E-state index is 11.7. The molecule has 6 heteroatoms. The molecule has 0 fully saturated rings. The van der Waals surface area contributed by atoms with Gasteiger partial charge in [0.2, 0.25) is 0 Å². The number of nitrogens with one attached hydrogen (secondary N) is 1. The summed E-state index contributed by atoms with van der Waals surface area (Å²) in [5.41, 5.74) is 1.43. The fourth-order valence-electron chi connectivity index (χ4n) is 1.74. The lowest BCUT2D eigenvalue weighted by Gasteiger charge is -2.04. The van der Waals surface area contributed by atoms with E-state index in [0.29, 0.717) is 12.1 Å². The number of hydrogen-bond donors (Lipinski definition) is 2. The Morgan fingerprint density at radius 2 is 1.95 bits per heavy atom. The molecule has 1 amide bonds. The number of aliphatic carboxylic acids is 1. The number of carbonyl (C=O) groups is 2. The van der Waals surface area contributed by atoms with Crippen LogP contribution >= 0.6 is 11.5 Å². The standard InChI is InChI=1S/C13H20N2O3S/c1-10-11(9-19-15-10)13(18)14-8-6-4-2-3-5-7-12(16)17/h9H,2-8H2,1H3,(H,14,18)(H,16,17). The van der Waals surface area contributed by atoms with Crippen molar-refractivity contribution in [2.24, 2.45) is 0 Å².